The molecule has 17 heavy (non-hydrogen) atoms. The zero-order valence-electron chi connectivity index (χ0n) is 10.0. The molecule has 0 radical (unpaired) electrons. The normalized spacial score (nSPS) is 13.7. The maximum atomic E-state index is 13.6. The quantitative estimate of drug-likeness (QED) is 0.858. The van der Waals surface area contributed by atoms with Gasteiger partial charge in [0.1, 0.15) is 11.6 Å². The molecule has 0 fully saturated rings. The van der Waals surface area contributed by atoms with Crippen LogP contribution < -0.4 is 10.5 Å². The van der Waals surface area contributed by atoms with E-state index >= 15 is 0 Å². The third kappa shape index (κ3) is 3.84. The molecule has 2 atom stereocenters. The lowest BCUT2D eigenvalue weighted by molar-refractivity contribution is 0.131. The molecule has 0 aromatic heterocycles. The monoisotopic (exact) mass is 263 g/mol. The summed E-state index contributed by atoms with van der Waals surface area (Å²) in [6, 6.07) is 3.75. The van der Waals surface area contributed by atoms with E-state index in [0.717, 1.165) is 6.42 Å². The molecular weight excluding hydrogens is 245 g/mol. The molecule has 1 aromatic carbocycles. The number of rotatable bonds is 5. The Morgan fingerprint density at radius 1 is 1.47 bits per heavy atom. The van der Waals surface area contributed by atoms with Crippen LogP contribution in [0.25, 0.3) is 0 Å². The molecule has 0 bridgehead atoms. The van der Waals surface area contributed by atoms with E-state index in [9.17, 15) is 9.50 Å². The molecular formula is C12H19ClFNO2. The van der Waals surface area contributed by atoms with E-state index in [4.69, 9.17) is 10.5 Å². The standard InChI is InChI=1S/C12H18FNO2.ClH/c1-3-5-9(15)12(14)11-8(13)6-4-7-10(11)16-2;/h4,6-7,9,12,15H,3,5,14H2,1-2H3;1H/t9-,12-;/m0./s1. The van der Waals surface area contributed by atoms with E-state index in [1.165, 1.54) is 13.2 Å². The first-order chi connectivity index (χ1) is 7.61. The van der Waals surface area contributed by atoms with Crippen molar-refractivity contribution in [3.05, 3.63) is 29.6 Å². The highest BCUT2D eigenvalue weighted by molar-refractivity contribution is 5.85. The van der Waals surface area contributed by atoms with Gasteiger partial charge in [-0.05, 0) is 18.6 Å². The summed E-state index contributed by atoms with van der Waals surface area (Å²) in [6.07, 6.45) is 0.584. The van der Waals surface area contributed by atoms with Crippen molar-refractivity contribution >= 4 is 12.4 Å². The van der Waals surface area contributed by atoms with Gasteiger partial charge in [0.15, 0.2) is 0 Å². The molecule has 98 valence electrons. The number of nitrogens with two attached hydrogens (primary N) is 1. The summed E-state index contributed by atoms with van der Waals surface area (Å²) in [5, 5.41) is 9.77. The van der Waals surface area contributed by atoms with Crippen LogP contribution >= 0.6 is 12.4 Å². The van der Waals surface area contributed by atoms with Crippen molar-refractivity contribution in [2.45, 2.75) is 31.9 Å². The van der Waals surface area contributed by atoms with Gasteiger partial charge in [-0.3, -0.25) is 0 Å². The number of hydrogen-bond donors (Lipinski definition) is 2. The Labute approximate surface area is 107 Å². The third-order valence-corrected chi connectivity index (χ3v) is 2.57. The molecule has 0 aliphatic carbocycles. The first-order valence-corrected chi connectivity index (χ1v) is 5.37. The van der Waals surface area contributed by atoms with Crippen molar-refractivity contribution in [2.75, 3.05) is 7.11 Å². The van der Waals surface area contributed by atoms with Gasteiger partial charge in [-0.2, -0.15) is 0 Å². The zero-order chi connectivity index (χ0) is 12.1. The van der Waals surface area contributed by atoms with E-state index < -0.39 is 18.0 Å². The van der Waals surface area contributed by atoms with Crippen molar-refractivity contribution < 1.29 is 14.2 Å². The molecule has 0 amide bonds. The lowest BCUT2D eigenvalue weighted by Gasteiger charge is -2.21. The van der Waals surface area contributed by atoms with Crippen LogP contribution in [0.15, 0.2) is 18.2 Å². The maximum absolute atomic E-state index is 13.6. The summed E-state index contributed by atoms with van der Waals surface area (Å²) in [5.41, 5.74) is 6.07. The minimum atomic E-state index is -0.754. The molecule has 0 spiro atoms. The molecule has 0 unspecified atom stereocenters. The molecule has 3 nitrogen and oxygen atoms in total. The summed E-state index contributed by atoms with van der Waals surface area (Å²) >= 11 is 0. The first-order valence-electron chi connectivity index (χ1n) is 5.37. The number of ether oxygens (including phenoxy) is 1. The molecule has 0 heterocycles. The predicted molar refractivity (Wildman–Crippen MR) is 68.0 cm³/mol. The molecule has 0 aliphatic rings. The second-order valence-corrected chi connectivity index (χ2v) is 3.74. The molecule has 1 rings (SSSR count). The molecule has 3 N–H and O–H groups in total. The van der Waals surface area contributed by atoms with Crippen molar-refractivity contribution in [3.63, 3.8) is 0 Å². The Morgan fingerprint density at radius 3 is 2.65 bits per heavy atom. The summed E-state index contributed by atoms with van der Waals surface area (Å²) < 4.78 is 18.7. The van der Waals surface area contributed by atoms with E-state index in [0.29, 0.717) is 12.2 Å². The SMILES string of the molecule is CCC[C@H](O)[C@H](N)c1c(F)cccc1OC.Cl. The summed E-state index contributed by atoms with van der Waals surface area (Å²) in [7, 11) is 1.46. The lowest BCUT2D eigenvalue weighted by Crippen LogP contribution is -2.27. The van der Waals surface area contributed by atoms with Crippen LogP contribution in [0.4, 0.5) is 4.39 Å². The van der Waals surface area contributed by atoms with Crippen LogP contribution in [-0.4, -0.2) is 18.3 Å². The Bertz CT molecular complexity index is 349. The minimum Gasteiger partial charge on any atom is -0.496 e. The lowest BCUT2D eigenvalue weighted by atomic mass is 9.98. The largest absolute Gasteiger partial charge is 0.496 e. The number of aliphatic hydroxyl groups excluding tert-OH is 1. The maximum Gasteiger partial charge on any atom is 0.131 e. The second kappa shape index (κ2) is 7.48. The number of benzene rings is 1. The van der Waals surface area contributed by atoms with Crippen LogP contribution in [0.1, 0.15) is 31.4 Å². The van der Waals surface area contributed by atoms with Crippen molar-refractivity contribution in [3.8, 4) is 5.75 Å². The number of hydrogen-bond acceptors (Lipinski definition) is 3. The molecule has 0 saturated heterocycles. The average molecular weight is 264 g/mol. The fourth-order valence-electron chi connectivity index (χ4n) is 1.69. The third-order valence-electron chi connectivity index (χ3n) is 2.57. The number of methoxy groups -OCH3 is 1. The summed E-state index contributed by atoms with van der Waals surface area (Å²) in [4.78, 5) is 0. The van der Waals surface area contributed by atoms with Crippen molar-refractivity contribution in [2.24, 2.45) is 5.73 Å². The first kappa shape index (κ1) is 16.2. The van der Waals surface area contributed by atoms with Crippen LogP contribution in [-0.2, 0) is 0 Å². The Kier molecular flexibility index (Phi) is 7.11. The van der Waals surface area contributed by atoms with Gasteiger partial charge < -0.3 is 15.6 Å². The smallest absolute Gasteiger partial charge is 0.131 e. The topological polar surface area (TPSA) is 55.5 Å². The van der Waals surface area contributed by atoms with E-state index in [1.54, 1.807) is 12.1 Å². The fourth-order valence-corrected chi connectivity index (χ4v) is 1.69. The van der Waals surface area contributed by atoms with Gasteiger partial charge in [-0.25, -0.2) is 4.39 Å². The van der Waals surface area contributed by atoms with Gasteiger partial charge in [0.2, 0.25) is 0 Å². The highest BCUT2D eigenvalue weighted by Gasteiger charge is 2.22. The minimum absolute atomic E-state index is 0. The van der Waals surface area contributed by atoms with Gasteiger partial charge in [0.25, 0.3) is 0 Å². The second-order valence-electron chi connectivity index (χ2n) is 3.74. The van der Waals surface area contributed by atoms with Crippen LogP contribution in [0.5, 0.6) is 5.75 Å². The van der Waals surface area contributed by atoms with Crippen LogP contribution in [0.2, 0.25) is 0 Å². The van der Waals surface area contributed by atoms with Gasteiger partial charge in [0.05, 0.1) is 19.3 Å². The van der Waals surface area contributed by atoms with E-state index in [1.807, 2.05) is 6.92 Å². The van der Waals surface area contributed by atoms with Gasteiger partial charge >= 0.3 is 0 Å². The Hall–Kier alpha value is -0.840. The van der Waals surface area contributed by atoms with Gasteiger partial charge in [-0.15, -0.1) is 12.4 Å². The molecule has 0 saturated carbocycles. The molecule has 1 aromatic rings. The van der Waals surface area contributed by atoms with Crippen molar-refractivity contribution in [1.29, 1.82) is 0 Å². The molecule has 5 heteroatoms. The van der Waals surface area contributed by atoms with Gasteiger partial charge in [-0.1, -0.05) is 19.4 Å². The van der Waals surface area contributed by atoms with E-state index in [2.05, 4.69) is 0 Å². The summed E-state index contributed by atoms with van der Waals surface area (Å²) in [5.74, 6) is -0.0651. The Morgan fingerprint density at radius 2 is 2.12 bits per heavy atom. The predicted octanol–water partition coefficient (Wildman–Crippen LogP) is 2.42. The van der Waals surface area contributed by atoms with Gasteiger partial charge in [0, 0.05) is 5.56 Å². The molecule has 0 aliphatic heterocycles. The van der Waals surface area contributed by atoms with Crippen LogP contribution in [0.3, 0.4) is 0 Å². The average Bonchev–Trinajstić information content (AvgIpc) is 2.28. The highest BCUT2D eigenvalue weighted by atomic mass is 35.5. The number of aliphatic hydroxyl groups is 1. The Balaban J connectivity index is 0.00000256. The number of halogens is 2. The van der Waals surface area contributed by atoms with E-state index in [-0.39, 0.29) is 18.0 Å². The highest BCUT2D eigenvalue weighted by Crippen LogP contribution is 2.29. The fraction of sp³-hybridized carbons (Fsp3) is 0.500. The summed E-state index contributed by atoms with van der Waals surface area (Å²) in [6.45, 7) is 1.94. The van der Waals surface area contributed by atoms with Crippen LogP contribution in [0, 0.1) is 5.82 Å². The zero-order valence-corrected chi connectivity index (χ0v) is 10.8. The van der Waals surface area contributed by atoms with Crippen molar-refractivity contribution in [1.82, 2.24) is 0 Å².